The molecule has 29 heavy (non-hydrogen) atoms. The lowest BCUT2D eigenvalue weighted by Crippen LogP contribution is -2.69. The molecule has 1 fully saturated rings. The summed E-state index contributed by atoms with van der Waals surface area (Å²) in [7, 11) is -4.98. The van der Waals surface area contributed by atoms with E-state index >= 15 is 0 Å². The maximum absolute atomic E-state index is 12.5. The number of esters is 1. The Balaban J connectivity index is 2.32. The number of hydrogen-bond donors (Lipinski definition) is 3. The number of hydrogen-bond acceptors (Lipinski definition) is 9. The van der Waals surface area contributed by atoms with Gasteiger partial charge in [0.05, 0.1) is 23.8 Å². The van der Waals surface area contributed by atoms with Crippen LogP contribution in [-0.4, -0.2) is 67.8 Å². The van der Waals surface area contributed by atoms with E-state index in [0.29, 0.717) is 11.3 Å². The van der Waals surface area contributed by atoms with Crippen LogP contribution in [0.15, 0.2) is 5.70 Å². The number of rotatable bonds is 5. The van der Waals surface area contributed by atoms with Crippen molar-refractivity contribution in [3.05, 3.63) is 16.4 Å². The molecule has 0 saturated carbocycles. The number of carbonyl (C=O) groups excluding carboxylic acids is 2. The average Bonchev–Trinajstić information content (AvgIpc) is 3.00. The number of aliphatic hydroxyl groups excluding tert-OH is 1. The molecule has 3 heterocycles. The second-order valence-corrected chi connectivity index (χ2v) is 9.78. The van der Waals surface area contributed by atoms with E-state index in [1.807, 2.05) is 0 Å². The summed E-state index contributed by atoms with van der Waals surface area (Å²) in [6, 6.07) is -1.34. The number of fused-ring (bicyclic) bond motifs is 1. The molecule has 4 atom stereocenters. The predicted molar refractivity (Wildman–Crippen MR) is 98.5 cm³/mol. The van der Waals surface area contributed by atoms with Gasteiger partial charge in [-0.15, -0.1) is 0 Å². The first-order valence-corrected chi connectivity index (χ1v) is 10.6. The zero-order valence-corrected chi connectivity index (χ0v) is 17.4. The van der Waals surface area contributed by atoms with E-state index < -0.39 is 62.0 Å². The van der Waals surface area contributed by atoms with Crippen LogP contribution in [0.3, 0.4) is 0 Å². The molecule has 1 saturated heterocycles. The molecular formula is C16H18N2O9S2. The van der Waals surface area contributed by atoms with Crippen LogP contribution >= 0.6 is 11.3 Å². The number of aryl methyl sites for hydroxylation is 1. The van der Waals surface area contributed by atoms with Gasteiger partial charge in [0.2, 0.25) is 11.0 Å². The Bertz CT molecular complexity index is 1070. The van der Waals surface area contributed by atoms with Crippen LogP contribution in [0.5, 0.6) is 5.06 Å². The maximum Gasteiger partial charge on any atom is 0.353 e. The van der Waals surface area contributed by atoms with E-state index in [-0.39, 0.29) is 15.8 Å². The fourth-order valence-electron chi connectivity index (χ4n) is 3.84. The van der Waals surface area contributed by atoms with Gasteiger partial charge in [-0.1, -0.05) is 11.3 Å². The Morgan fingerprint density at radius 1 is 1.38 bits per heavy atom. The van der Waals surface area contributed by atoms with Crippen molar-refractivity contribution in [2.24, 2.45) is 5.92 Å². The van der Waals surface area contributed by atoms with Gasteiger partial charge >= 0.3 is 11.9 Å². The largest absolute Gasteiger partial charge is 0.477 e. The number of carbonyl (C=O) groups is 3. The normalized spacial score (nSPS) is 27.5. The van der Waals surface area contributed by atoms with Gasteiger partial charge in [-0.25, -0.2) is 9.78 Å². The van der Waals surface area contributed by atoms with Crippen molar-refractivity contribution in [1.82, 2.24) is 9.88 Å². The van der Waals surface area contributed by atoms with Crippen molar-refractivity contribution in [3.63, 3.8) is 0 Å². The van der Waals surface area contributed by atoms with Gasteiger partial charge in [0.15, 0.2) is 0 Å². The standard InChI is InChI=1S/C16H18N2O9S2/c1-5-15(27-7(3)20)28-12(17-5)9-10(14(22)23)18-11(8(6(2)19)13(18)21)16(9,4)29(24,25)26/h6,8,11,19H,1-4H3,(H,22,23)(H,24,25,26)/t6-,8?,11?,16-/m1/s1. The first kappa shape index (κ1) is 21.4. The Labute approximate surface area is 169 Å². The van der Waals surface area contributed by atoms with Gasteiger partial charge in [0.1, 0.15) is 15.5 Å². The van der Waals surface area contributed by atoms with Crippen molar-refractivity contribution < 1.29 is 42.3 Å². The van der Waals surface area contributed by atoms with E-state index in [0.717, 1.165) is 18.7 Å². The zero-order chi connectivity index (χ0) is 22.0. The summed E-state index contributed by atoms with van der Waals surface area (Å²) >= 11 is 0.716. The summed E-state index contributed by atoms with van der Waals surface area (Å²) < 4.78 is 37.7. The molecule has 0 spiro atoms. The van der Waals surface area contributed by atoms with Crippen molar-refractivity contribution in [1.29, 1.82) is 0 Å². The molecule has 3 rings (SSSR count). The third kappa shape index (κ3) is 2.87. The van der Waals surface area contributed by atoms with Crippen LogP contribution in [-0.2, 0) is 24.5 Å². The predicted octanol–water partition coefficient (Wildman–Crippen LogP) is 0.0404. The summed E-state index contributed by atoms with van der Waals surface area (Å²) in [5, 5.41) is 19.6. The molecule has 13 heteroatoms. The minimum Gasteiger partial charge on any atom is -0.477 e. The van der Waals surface area contributed by atoms with Gasteiger partial charge in [0.25, 0.3) is 10.1 Å². The fourth-order valence-corrected chi connectivity index (χ4v) is 6.04. The Morgan fingerprint density at radius 3 is 2.41 bits per heavy atom. The molecular weight excluding hydrogens is 428 g/mol. The van der Waals surface area contributed by atoms with Crippen LogP contribution in [0.2, 0.25) is 0 Å². The number of aliphatic carboxylic acids is 1. The van der Waals surface area contributed by atoms with Gasteiger partial charge < -0.3 is 14.9 Å². The minimum absolute atomic E-state index is 0.0232. The number of carboxylic acid groups (broad SMARTS) is 1. The first-order chi connectivity index (χ1) is 13.2. The lowest BCUT2D eigenvalue weighted by molar-refractivity contribution is -0.162. The number of β-lactam (4-membered cyclic amide) rings is 1. The van der Waals surface area contributed by atoms with E-state index in [9.17, 15) is 37.6 Å². The van der Waals surface area contributed by atoms with Gasteiger partial charge in [-0.05, 0) is 20.8 Å². The number of ether oxygens (including phenoxy) is 1. The third-order valence-corrected chi connectivity index (χ3v) is 7.71. The molecule has 158 valence electrons. The highest BCUT2D eigenvalue weighted by molar-refractivity contribution is 7.87. The summed E-state index contributed by atoms with van der Waals surface area (Å²) in [4.78, 5) is 40.6. The average molecular weight is 446 g/mol. The van der Waals surface area contributed by atoms with Gasteiger partial charge in [-0.3, -0.25) is 19.0 Å². The molecule has 2 aliphatic rings. The van der Waals surface area contributed by atoms with Crippen LogP contribution in [0.25, 0.3) is 5.57 Å². The van der Waals surface area contributed by atoms with Crippen molar-refractivity contribution in [2.75, 3.05) is 0 Å². The van der Waals surface area contributed by atoms with Crippen LogP contribution in [0.4, 0.5) is 0 Å². The summed E-state index contributed by atoms with van der Waals surface area (Å²) in [6.07, 6.45) is -1.28. The van der Waals surface area contributed by atoms with E-state index in [2.05, 4.69) is 4.98 Å². The number of thiazole rings is 1. The molecule has 2 aliphatic heterocycles. The highest BCUT2D eigenvalue weighted by Crippen LogP contribution is 2.56. The number of carboxylic acids is 1. The molecule has 0 aromatic carbocycles. The Morgan fingerprint density at radius 2 is 1.97 bits per heavy atom. The third-order valence-electron chi connectivity index (χ3n) is 5.14. The first-order valence-electron chi connectivity index (χ1n) is 8.35. The monoisotopic (exact) mass is 446 g/mol. The SMILES string of the molecule is CC(=O)Oc1sc(C2=C(C(=O)O)N3C(=O)C([C@@H](C)O)C3[C@]2(C)S(=O)(=O)O)nc1C. The van der Waals surface area contributed by atoms with Crippen LogP contribution in [0.1, 0.15) is 31.5 Å². The molecule has 2 unspecified atom stereocenters. The van der Waals surface area contributed by atoms with E-state index in [1.165, 1.54) is 13.8 Å². The van der Waals surface area contributed by atoms with Crippen molar-refractivity contribution in [3.8, 4) is 5.06 Å². The van der Waals surface area contributed by atoms with E-state index in [1.54, 1.807) is 0 Å². The van der Waals surface area contributed by atoms with E-state index in [4.69, 9.17) is 4.74 Å². The van der Waals surface area contributed by atoms with Crippen molar-refractivity contribution >= 4 is 44.9 Å². The summed E-state index contributed by atoms with van der Waals surface area (Å²) in [5.74, 6) is -4.27. The highest BCUT2D eigenvalue weighted by atomic mass is 32.2. The maximum atomic E-state index is 12.5. The second-order valence-electron chi connectivity index (χ2n) is 7.02. The molecule has 0 aliphatic carbocycles. The molecule has 3 N–H and O–H groups in total. The number of aromatic nitrogens is 1. The quantitative estimate of drug-likeness (QED) is 0.318. The Kier molecular flexibility index (Phi) is 4.85. The topological polar surface area (TPSA) is 171 Å². The smallest absolute Gasteiger partial charge is 0.353 e. The highest BCUT2D eigenvalue weighted by Gasteiger charge is 2.71. The molecule has 0 bridgehead atoms. The molecule has 11 nitrogen and oxygen atoms in total. The minimum atomic E-state index is -4.98. The fraction of sp³-hybridized carbons (Fsp3) is 0.500. The lowest BCUT2D eigenvalue weighted by atomic mass is 9.77. The van der Waals surface area contributed by atoms with Gasteiger partial charge in [0, 0.05) is 12.5 Å². The molecule has 1 aromatic rings. The molecule has 1 aromatic heterocycles. The van der Waals surface area contributed by atoms with Crippen molar-refractivity contribution in [2.45, 2.75) is 44.6 Å². The number of nitrogens with zero attached hydrogens (tertiary/aromatic N) is 2. The number of amides is 1. The zero-order valence-electron chi connectivity index (χ0n) is 15.7. The molecule has 1 amide bonds. The van der Waals surface area contributed by atoms with Gasteiger partial charge in [-0.2, -0.15) is 8.42 Å². The van der Waals surface area contributed by atoms with Crippen LogP contribution in [0, 0.1) is 12.8 Å². The summed E-state index contributed by atoms with van der Waals surface area (Å²) in [5.41, 5.74) is -0.858. The van der Waals surface area contributed by atoms with Crippen LogP contribution < -0.4 is 4.74 Å². The summed E-state index contributed by atoms with van der Waals surface area (Å²) in [6.45, 7) is 4.97. The molecule has 0 radical (unpaired) electrons. The second kappa shape index (κ2) is 6.58. The lowest BCUT2D eigenvalue weighted by Gasteiger charge is -2.49. The Hall–Kier alpha value is -2.35. The number of aliphatic hydroxyl groups is 1.